The lowest BCUT2D eigenvalue weighted by atomic mass is 9.57. The van der Waals surface area contributed by atoms with Gasteiger partial charge in [0.15, 0.2) is 0 Å². The highest BCUT2D eigenvalue weighted by atomic mass is 16.4. The first kappa shape index (κ1) is 12.4. The molecule has 1 heterocycles. The van der Waals surface area contributed by atoms with E-state index in [9.17, 15) is 14.7 Å². The van der Waals surface area contributed by atoms with Crippen molar-refractivity contribution < 1.29 is 14.7 Å². The highest BCUT2D eigenvalue weighted by Gasteiger charge is 2.55. The minimum absolute atomic E-state index is 0.109. The third-order valence-corrected chi connectivity index (χ3v) is 4.16. The van der Waals surface area contributed by atoms with Crippen molar-refractivity contribution >= 4 is 11.9 Å². The van der Waals surface area contributed by atoms with Gasteiger partial charge in [-0.25, -0.2) is 4.79 Å². The van der Waals surface area contributed by atoms with E-state index in [0.717, 1.165) is 19.3 Å². The van der Waals surface area contributed by atoms with Gasteiger partial charge >= 0.3 is 5.97 Å². The lowest BCUT2D eigenvalue weighted by Gasteiger charge is -2.46. The number of carbonyl (C=O) groups is 2. The molecular formula is C13H21NO3. The van der Waals surface area contributed by atoms with Gasteiger partial charge in [-0.2, -0.15) is 0 Å². The Labute approximate surface area is 102 Å². The van der Waals surface area contributed by atoms with Crippen molar-refractivity contribution in [3.63, 3.8) is 0 Å². The molecule has 1 saturated carbocycles. The molecule has 1 spiro atoms. The van der Waals surface area contributed by atoms with Crippen LogP contribution in [-0.4, -0.2) is 23.0 Å². The monoisotopic (exact) mass is 239 g/mol. The van der Waals surface area contributed by atoms with Crippen molar-refractivity contribution in [2.75, 3.05) is 0 Å². The molecule has 0 aromatic rings. The summed E-state index contributed by atoms with van der Waals surface area (Å²) in [5.74, 6) is -0.517. The molecule has 2 N–H and O–H groups in total. The van der Waals surface area contributed by atoms with E-state index in [1.807, 2.05) is 0 Å². The fourth-order valence-electron chi connectivity index (χ4n) is 4.27. The molecule has 0 aromatic heterocycles. The molecule has 0 aromatic carbocycles. The topological polar surface area (TPSA) is 66.4 Å². The summed E-state index contributed by atoms with van der Waals surface area (Å²) in [5, 5.41) is 11.9. The largest absolute Gasteiger partial charge is 0.480 e. The van der Waals surface area contributed by atoms with Crippen LogP contribution in [0.15, 0.2) is 0 Å². The summed E-state index contributed by atoms with van der Waals surface area (Å²) in [6, 6.07) is -0.697. The lowest BCUT2D eigenvalue weighted by molar-refractivity contribution is -0.144. The van der Waals surface area contributed by atoms with Crippen LogP contribution in [0.3, 0.4) is 0 Å². The molecule has 3 atom stereocenters. The molecule has 96 valence electrons. The second-order valence-corrected chi connectivity index (χ2v) is 6.73. The van der Waals surface area contributed by atoms with Gasteiger partial charge in [-0.15, -0.1) is 0 Å². The molecule has 0 radical (unpaired) electrons. The van der Waals surface area contributed by atoms with Gasteiger partial charge in [0.1, 0.15) is 6.04 Å². The second kappa shape index (κ2) is 3.72. The Morgan fingerprint density at radius 2 is 2.06 bits per heavy atom. The number of rotatable bonds is 1. The minimum atomic E-state index is -0.888. The number of nitrogens with one attached hydrogen (secondary N) is 1. The second-order valence-electron chi connectivity index (χ2n) is 6.73. The zero-order valence-electron chi connectivity index (χ0n) is 10.7. The zero-order valence-corrected chi connectivity index (χ0v) is 10.7. The van der Waals surface area contributed by atoms with Crippen LogP contribution in [0.1, 0.15) is 46.5 Å². The smallest absolute Gasteiger partial charge is 0.326 e. The Morgan fingerprint density at radius 1 is 1.41 bits per heavy atom. The van der Waals surface area contributed by atoms with Gasteiger partial charge in [0.2, 0.25) is 5.91 Å². The zero-order chi connectivity index (χ0) is 12.8. The van der Waals surface area contributed by atoms with E-state index >= 15 is 0 Å². The number of aliphatic carboxylic acids is 1. The average Bonchev–Trinajstić information content (AvgIpc) is 2.37. The molecule has 17 heavy (non-hydrogen) atoms. The third kappa shape index (κ3) is 2.17. The van der Waals surface area contributed by atoms with E-state index in [1.54, 1.807) is 0 Å². The molecule has 2 fully saturated rings. The lowest BCUT2D eigenvalue weighted by Crippen LogP contribution is -2.49. The normalized spacial score (nSPS) is 40.3. The van der Waals surface area contributed by atoms with Crippen LogP contribution in [0.5, 0.6) is 0 Å². The van der Waals surface area contributed by atoms with Gasteiger partial charge in [0.05, 0.1) is 0 Å². The van der Waals surface area contributed by atoms with Crippen LogP contribution in [-0.2, 0) is 9.59 Å². The maximum absolute atomic E-state index is 11.6. The third-order valence-electron chi connectivity index (χ3n) is 4.16. The molecule has 1 aliphatic heterocycles. The number of carboxylic acids is 1. The molecule has 1 saturated heterocycles. The Kier molecular flexibility index (Phi) is 2.71. The van der Waals surface area contributed by atoms with Crippen LogP contribution in [0.4, 0.5) is 0 Å². The summed E-state index contributed by atoms with van der Waals surface area (Å²) in [6.07, 6.45) is 3.14. The molecule has 4 nitrogen and oxygen atoms in total. The van der Waals surface area contributed by atoms with Gasteiger partial charge in [-0.1, -0.05) is 20.8 Å². The maximum Gasteiger partial charge on any atom is 0.326 e. The fraction of sp³-hybridized carbons (Fsp3) is 0.846. The minimum Gasteiger partial charge on any atom is -0.480 e. The van der Waals surface area contributed by atoms with E-state index in [4.69, 9.17) is 0 Å². The van der Waals surface area contributed by atoms with Crippen LogP contribution >= 0.6 is 0 Å². The Morgan fingerprint density at radius 3 is 2.59 bits per heavy atom. The number of hydrogen-bond donors (Lipinski definition) is 2. The maximum atomic E-state index is 11.6. The SMILES string of the molecule is CC1CC(C)(C)CC2(CC(=O)NC2C(=O)O)C1. The van der Waals surface area contributed by atoms with E-state index in [2.05, 4.69) is 26.1 Å². The predicted molar refractivity (Wildman–Crippen MR) is 63.4 cm³/mol. The van der Waals surface area contributed by atoms with E-state index in [1.165, 1.54) is 0 Å². The molecule has 1 amide bonds. The molecule has 1 aliphatic carbocycles. The molecule has 4 heteroatoms. The molecule has 0 bridgehead atoms. The standard InChI is InChI=1S/C13H21NO3/c1-8-4-12(2,3)7-13(5-8)6-9(15)14-10(13)11(16)17/h8,10H,4-7H2,1-3H3,(H,14,15)(H,16,17). The van der Waals surface area contributed by atoms with Crippen molar-refractivity contribution in [2.45, 2.75) is 52.5 Å². The van der Waals surface area contributed by atoms with Crippen molar-refractivity contribution in [3.8, 4) is 0 Å². The Hall–Kier alpha value is -1.06. The molecular weight excluding hydrogens is 218 g/mol. The van der Waals surface area contributed by atoms with Gasteiger partial charge < -0.3 is 10.4 Å². The van der Waals surface area contributed by atoms with Crippen LogP contribution in [0.25, 0.3) is 0 Å². The summed E-state index contributed by atoms with van der Waals surface area (Å²) in [5.41, 5.74) is -0.248. The summed E-state index contributed by atoms with van der Waals surface area (Å²) < 4.78 is 0. The van der Waals surface area contributed by atoms with E-state index in [0.29, 0.717) is 12.3 Å². The van der Waals surface area contributed by atoms with E-state index < -0.39 is 12.0 Å². The van der Waals surface area contributed by atoms with Crippen LogP contribution < -0.4 is 5.32 Å². The van der Waals surface area contributed by atoms with Crippen molar-refractivity contribution in [2.24, 2.45) is 16.7 Å². The average molecular weight is 239 g/mol. The first-order chi connectivity index (χ1) is 7.74. The number of carbonyl (C=O) groups excluding carboxylic acids is 1. The van der Waals surface area contributed by atoms with Crippen LogP contribution in [0, 0.1) is 16.7 Å². The number of amides is 1. The van der Waals surface area contributed by atoms with Crippen molar-refractivity contribution in [1.29, 1.82) is 0 Å². The first-order valence-corrected chi connectivity index (χ1v) is 6.26. The quantitative estimate of drug-likeness (QED) is 0.733. The number of hydrogen-bond acceptors (Lipinski definition) is 2. The van der Waals surface area contributed by atoms with Gasteiger partial charge in [-0.3, -0.25) is 4.79 Å². The van der Waals surface area contributed by atoms with Crippen molar-refractivity contribution in [1.82, 2.24) is 5.32 Å². The Balaban J connectivity index is 2.33. The summed E-state index contributed by atoms with van der Waals surface area (Å²) in [6.45, 7) is 6.50. The summed E-state index contributed by atoms with van der Waals surface area (Å²) >= 11 is 0. The summed E-state index contributed by atoms with van der Waals surface area (Å²) in [4.78, 5) is 22.9. The molecule has 3 unspecified atom stereocenters. The highest BCUT2D eigenvalue weighted by molar-refractivity contribution is 5.89. The molecule has 2 rings (SSSR count). The predicted octanol–water partition coefficient (Wildman–Crippen LogP) is 1.79. The summed E-state index contributed by atoms with van der Waals surface area (Å²) in [7, 11) is 0. The van der Waals surface area contributed by atoms with Gasteiger partial charge in [0, 0.05) is 11.8 Å². The van der Waals surface area contributed by atoms with Crippen LogP contribution in [0.2, 0.25) is 0 Å². The van der Waals surface area contributed by atoms with Gasteiger partial charge in [-0.05, 0) is 30.6 Å². The number of carboxylic acid groups (broad SMARTS) is 1. The Bertz CT molecular complexity index is 364. The highest BCUT2D eigenvalue weighted by Crippen LogP contribution is 2.53. The molecule has 2 aliphatic rings. The van der Waals surface area contributed by atoms with E-state index in [-0.39, 0.29) is 16.7 Å². The van der Waals surface area contributed by atoms with Crippen molar-refractivity contribution in [3.05, 3.63) is 0 Å². The van der Waals surface area contributed by atoms with Gasteiger partial charge in [0.25, 0.3) is 0 Å². The first-order valence-electron chi connectivity index (χ1n) is 6.26. The fourth-order valence-corrected chi connectivity index (χ4v) is 4.27.